The van der Waals surface area contributed by atoms with Gasteiger partial charge in [-0.25, -0.2) is 9.59 Å². The topological polar surface area (TPSA) is 415 Å². The monoisotopic (exact) mass is 1560 g/mol. The molecule has 14 atom stereocenters. The number of hydrogen-bond donors (Lipinski definition) is 9. The number of primary amides is 1. The fourth-order valence-electron chi connectivity index (χ4n) is 13.9. The number of aliphatic hydroxyl groups is 1. The number of ether oxygens (including phenoxy) is 3. The molecular formula is C80H126N10O19S. The van der Waals surface area contributed by atoms with Crippen molar-refractivity contribution in [3.05, 3.63) is 65.7 Å². The summed E-state index contributed by atoms with van der Waals surface area (Å²) >= 11 is 0.871. The Bertz CT molecular complexity index is 3340. The van der Waals surface area contributed by atoms with Gasteiger partial charge in [0.15, 0.2) is 11.6 Å². The van der Waals surface area contributed by atoms with Crippen LogP contribution in [0, 0.1) is 47.3 Å². The van der Waals surface area contributed by atoms with Crippen LogP contribution in [0.1, 0.15) is 197 Å². The highest BCUT2D eigenvalue weighted by atomic mass is 32.2. The van der Waals surface area contributed by atoms with Crippen LogP contribution in [0.15, 0.2) is 54.6 Å². The Morgan fingerprint density at radius 3 is 1.90 bits per heavy atom. The van der Waals surface area contributed by atoms with E-state index in [1.807, 2.05) is 71.9 Å². The number of thioether (sulfide) groups is 1. The lowest BCUT2D eigenvalue weighted by atomic mass is 9.83. The van der Waals surface area contributed by atoms with Crippen molar-refractivity contribution in [2.24, 2.45) is 53.1 Å². The highest BCUT2D eigenvalue weighted by molar-refractivity contribution is 8.00. The molecule has 1 fully saturated rings. The number of ketones is 4. The number of carboxylic acid groups (broad SMARTS) is 1. The lowest BCUT2D eigenvalue weighted by Gasteiger charge is -2.41. The van der Waals surface area contributed by atoms with Gasteiger partial charge in [-0.1, -0.05) is 131 Å². The molecule has 10 amide bonds. The molecule has 2 aromatic rings. The minimum absolute atomic E-state index is 0.0217. The Kier molecular flexibility index (Phi) is 42.8. The second-order valence-corrected chi connectivity index (χ2v) is 31.4. The number of hydrogen-bond acceptors (Lipinski definition) is 19. The number of aliphatic hydroxyl groups excluding tert-OH is 1. The number of benzene rings is 2. The van der Waals surface area contributed by atoms with Gasteiger partial charge in [-0.05, 0) is 98.3 Å². The number of amides is 10. The summed E-state index contributed by atoms with van der Waals surface area (Å²) in [7, 11) is 6.19. The quantitative estimate of drug-likeness (QED) is 0.0286. The van der Waals surface area contributed by atoms with Crippen LogP contribution >= 0.6 is 11.8 Å². The number of nitrogens with one attached hydrogen (secondary N) is 6. The van der Waals surface area contributed by atoms with Crippen molar-refractivity contribution in [2.75, 3.05) is 65.6 Å². The van der Waals surface area contributed by atoms with Crippen LogP contribution in [0.5, 0.6) is 0 Å². The van der Waals surface area contributed by atoms with E-state index in [0.717, 1.165) is 17.3 Å². The summed E-state index contributed by atoms with van der Waals surface area (Å²) in [6.45, 7) is 21.5. The van der Waals surface area contributed by atoms with Crippen molar-refractivity contribution in [3.63, 3.8) is 0 Å². The summed E-state index contributed by atoms with van der Waals surface area (Å²) in [4.78, 5) is 190. The zero-order valence-corrected chi connectivity index (χ0v) is 68.3. The molecule has 0 radical (unpaired) electrons. The average molecular weight is 1560 g/mol. The van der Waals surface area contributed by atoms with Gasteiger partial charge < -0.3 is 76.8 Å². The molecule has 3 rings (SSSR count). The molecule has 10 N–H and O–H groups in total. The normalized spacial score (nSPS) is 16.4. The molecule has 1 saturated heterocycles. The van der Waals surface area contributed by atoms with E-state index in [-0.39, 0.29) is 136 Å². The standard InChI is InChI=1S/C80H126N10O19S/c1-17-50(9)72(64(107-15)42-68(97)90-38-26-30-60(90)74(108-16)53(12)61(92)39-51(10)73(100)55-27-21-19-22-28-55)88(13)78(104)58(47(3)4)41-63(94)71(49(7)8)89(14)80(106)109-45-54-32-34-57(35-33-54)85-75(101)56(29-25-37-83-79(81)105)40-62(93)70(48(5)6)87-67(96)31-23-20-24-36-82-77(103)65(43-69(98)99)110-46-59(86-66(95)18-2)76(102)84-44-52(11)91/h19,21-22,27-28,32-35,47-51,53,56,58-60,64-65,70-74,100H,17-18,20,23-26,29-31,36-46H2,1-16H3,(H,82,103)(H,84,102)(H,85,101)(H,86,95)(H,87,96)(H,98,99)(H3,81,83,105)/t50-,51-,53-,56?,58?,59?,60-,64+,65?,70-,71+,72?,73+,74?/m0/s1. The molecule has 0 aromatic heterocycles. The number of likely N-dealkylation sites (tertiary alicyclic amines) is 1. The number of nitrogens with two attached hydrogens (primary N) is 1. The van der Waals surface area contributed by atoms with Gasteiger partial charge in [0.2, 0.25) is 41.4 Å². The predicted molar refractivity (Wildman–Crippen MR) is 419 cm³/mol. The molecule has 110 heavy (non-hydrogen) atoms. The first-order valence-corrected chi connectivity index (χ1v) is 39.7. The number of Topliss-reactive ketones (excluding diaryl/α,β-unsaturated/α-hetero) is 4. The van der Waals surface area contributed by atoms with Crippen LogP contribution in [-0.2, 0) is 78.4 Å². The molecule has 1 aliphatic rings. The number of aliphatic carboxylic acids is 1. The average Bonchev–Trinajstić information content (AvgIpc) is 1.46. The van der Waals surface area contributed by atoms with Crippen LogP contribution < -0.4 is 37.6 Å². The number of likely N-dealkylation sites (N-methyl/N-ethyl adjacent to an activating group) is 2. The Labute approximate surface area is 654 Å². The number of anilines is 1. The maximum Gasteiger partial charge on any atom is 0.410 e. The van der Waals surface area contributed by atoms with Gasteiger partial charge in [0.1, 0.15) is 24.2 Å². The number of urea groups is 1. The van der Waals surface area contributed by atoms with Crippen LogP contribution in [0.25, 0.3) is 0 Å². The highest BCUT2D eigenvalue weighted by Gasteiger charge is 2.44. The molecule has 1 aliphatic heterocycles. The van der Waals surface area contributed by atoms with Gasteiger partial charge in [-0.3, -0.25) is 57.5 Å². The van der Waals surface area contributed by atoms with E-state index < -0.39 is 137 Å². The predicted octanol–water partition coefficient (Wildman–Crippen LogP) is 7.72. The maximum atomic E-state index is 14.9. The fraction of sp³-hybridized carbons (Fsp3) is 0.675. The second kappa shape index (κ2) is 49.1. The first kappa shape index (κ1) is 95.9. The Morgan fingerprint density at radius 1 is 0.673 bits per heavy atom. The minimum atomic E-state index is -1.26. The molecule has 0 spiro atoms. The SMILES string of the molecule is CCC(=O)NC(CSC(CC(=O)O)C(=O)NCCCCCC(=O)N[C@H](C(=O)CC(CCCNC(N)=O)C(=O)Nc1ccc(COC(=O)N(C)[C@@H](C(=O)CC(C(=O)N(C)C([C@@H](C)CC)[C@@H](CC(=O)N2CCC[C@H]2C(OC)[C@@H](C)C(=O)C[C@H](C)[C@@H](O)c2ccccc2)OC)C(C)C)C(C)C)cc1)C(C)C)C(=O)NCC(C)=O. The van der Waals surface area contributed by atoms with Gasteiger partial charge in [0.05, 0.1) is 67.1 Å². The van der Waals surface area contributed by atoms with Gasteiger partial charge in [-0.15, -0.1) is 11.8 Å². The van der Waals surface area contributed by atoms with Crippen LogP contribution in [0.4, 0.5) is 15.3 Å². The maximum absolute atomic E-state index is 14.9. The van der Waals surface area contributed by atoms with Crippen LogP contribution in [0.3, 0.4) is 0 Å². The Balaban J connectivity index is 1.64. The lowest BCUT2D eigenvalue weighted by Crippen LogP contribution is -2.54. The summed E-state index contributed by atoms with van der Waals surface area (Å²) in [5.41, 5.74) is 6.89. The third-order valence-corrected chi connectivity index (χ3v) is 21.8. The molecule has 2 aromatic carbocycles. The van der Waals surface area contributed by atoms with E-state index in [2.05, 4.69) is 31.9 Å². The first-order chi connectivity index (χ1) is 51.9. The van der Waals surface area contributed by atoms with Crippen molar-refractivity contribution in [3.8, 4) is 0 Å². The molecule has 6 unspecified atom stereocenters. The number of rotatable bonds is 52. The number of carboxylic acids is 1. The summed E-state index contributed by atoms with van der Waals surface area (Å²) < 4.78 is 17.9. The van der Waals surface area contributed by atoms with E-state index in [4.69, 9.17) is 19.9 Å². The molecule has 29 nitrogen and oxygen atoms in total. The highest BCUT2D eigenvalue weighted by Crippen LogP contribution is 2.34. The van der Waals surface area contributed by atoms with Gasteiger partial charge >= 0.3 is 18.1 Å². The lowest BCUT2D eigenvalue weighted by molar-refractivity contribution is -0.149. The number of carbonyl (C=O) groups excluding carboxylic acids is 13. The number of methoxy groups -OCH3 is 2. The number of carbonyl (C=O) groups is 14. The van der Waals surface area contributed by atoms with Crippen LogP contribution in [0.2, 0.25) is 0 Å². The zero-order valence-electron chi connectivity index (χ0n) is 67.5. The molecule has 0 saturated carbocycles. The van der Waals surface area contributed by atoms with Crippen molar-refractivity contribution in [1.29, 1.82) is 0 Å². The zero-order chi connectivity index (χ0) is 82.6. The molecular weight excluding hydrogens is 1440 g/mol. The first-order valence-electron chi connectivity index (χ1n) is 38.7. The summed E-state index contributed by atoms with van der Waals surface area (Å²) in [5.74, 6) is -9.70. The van der Waals surface area contributed by atoms with E-state index in [0.29, 0.717) is 56.3 Å². The van der Waals surface area contributed by atoms with Crippen molar-refractivity contribution < 1.29 is 91.5 Å². The largest absolute Gasteiger partial charge is 0.481 e. The Morgan fingerprint density at radius 2 is 1.33 bits per heavy atom. The van der Waals surface area contributed by atoms with Crippen LogP contribution in [-0.4, -0.2) is 215 Å². The number of unbranched alkanes of at least 4 members (excludes halogenated alkanes) is 2. The smallest absolute Gasteiger partial charge is 0.410 e. The minimum Gasteiger partial charge on any atom is -0.481 e. The molecule has 0 bridgehead atoms. The summed E-state index contributed by atoms with van der Waals surface area (Å²) in [6, 6.07) is 10.8. The second-order valence-electron chi connectivity index (χ2n) is 30.2. The Hall–Kier alpha value is -8.35. The van der Waals surface area contributed by atoms with Crippen molar-refractivity contribution >= 4 is 100 Å². The van der Waals surface area contributed by atoms with E-state index >= 15 is 0 Å². The van der Waals surface area contributed by atoms with Crippen molar-refractivity contribution in [1.82, 2.24) is 41.3 Å². The summed E-state index contributed by atoms with van der Waals surface area (Å²) in [6.07, 6.45) is -0.308. The van der Waals surface area contributed by atoms with E-state index in [1.54, 1.807) is 82.8 Å². The van der Waals surface area contributed by atoms with E-state index in [9.17, 15) is 77.3 Å². The molecule has 1 heterocycles. The summed E-state index contributed by atoms with van der Waals surface area (Å²) in [5, 5.41) is 35.3. The van der Waals surface area contributed by atoms with Gasteiger partial charge in [-0.2, -0.15) is 0 Å². The fourth-order valence-corrected chi connectivity index (χ4v) is 15.1. The van der Waals surface area contributed by atoms with E-state index in [1.165, 1.54) is 26.0 Å². The van der Waals surface area contributed by atoms with Crippen molar-refractivity contribution in [2.45, 2.75) is 240 Å². The number of nitrogens with zero attached hydrogens (tertiary/aromatic N) is 3. The third-order valence-electron chi connectivity index (χ3n) is 20.5. The molecule has 616 valence electrons. The van der Waals surface area contributed by atoms with Gasteiger partial charge in [0, 0.05) is 109 Å². The molecule has 30 heteroatoms. The molecule has 0 aliphatic carbocycles. The van der Waals surface area contributed by atoms with Gasteiger partial charge in [0.25, 0.3) is 0 Å². The third kappa shape index (κ3) is 31.8.